The van der Waals surface area contributed by atoms with E-state index < -0.39 is 0 Å². The van der Waals surface area contributed by atoms with Gasteiger partial charge in [-0.05, 0) is 36.8 Å². The molecule has 1 atom stereocenters. The summed E-state index contributed by atoms with van der Waals surface area (Å²) in [5, 5.41) is 3.50. The van der Waals surface area contributed by atoms with Crippen LogP contribution in [0.5, 0.6) is 0 Å². The molecule has 1 saturated heterocycles. The van der Waals surface area contributed by atoms with Crippen molar-refractivity contribution >= 4 is 34.5 Å². The van der Waals surface area contributed by atoms with Crippen molar-refractivity contribution in [3.8, 4) is 0 Å². The summed E-state index contributed by atoms with van der Waals surface area (Å²) in [5.74, 6) is 1.19. The number of nitrogens with zero attached hydrogens (tertiary/aromatic N) is 4. The summed E-state index contributed by atoms with van der Waals surface area (Å²) in [6.07, 6.45) is 2.66. The number of carbonyl (C=O) groups is 1. The first-order valence-corrected chi connectivity index (χ1v) is 8.58. The number of urea groups is 1. The van der Waals surface area contributed by atoms with Crippen molar-refractivity contribution in [2.75, 3.05) is 18.4 Å². The van der Waals surface area contributed by atoms with Crippen LogP contribution in [-0.2, 0) is 7.05 Å². The van der Waals surface area contributed by atoms with Crippen LogP contribution in [0.3, 0.4) is 0 Å². The van der Waals surface area contributed by atoms with E-state index >= 15 is 0 Å². The van der Waals surface area contributed by atoms with Crippen LogP contribution in [0.2, 0.25) is 5.02 Å². The van der Waals surface area contributed by atoms with Gasteiger partial charge >= 0.3 is 6.03 Å². The monoisotopic (exact) mass is 355 g/mol. The Balaban J connectivity index is 1.49. The van der Waals surface area contributed by atoms with Gasteiger partial charge in [-0.3, -0.25) is 0 Å². The normalized spacial score (nSPS) is 17.2. The van der Waals surface area contributed by atoms with E-state index in [-0.39, 0.29) is 11.9 Å². The number of hydrogen-bond acceptors (Lipinski definition) is 3. The summed E-state index contributed by atoms with van der Waals surface area (Å²) in [5.41, 5.74) is 2.47. The molecule has 2 aromatic heterocycles. The molecule has 1 aliphatic rings. The van der Waals surface area contributed by atoms with E-state index in [1.54, 1.807) is 18.3 Å². The highest BCUT2D eigenvalue weighted by atomic mass is 35.5. The zero-order valence-corrected chi connectivity index (χ0v) is 14.6. The molecular weight excluding hydrogens is 338 g/mol. The molecule has 0 unspecified atom stereocenters. The van der Waals surface area contributed by atoms with E-state index in [9.17, 15) is 4.79 Å². The minimum Gasteiger partial charge on any atom is -0.324 e. The molecule has 128 valence electrons. The fourth-order valence-electron chi connectivity index (χ4n) is 3.33. The molecule has 25 heavy (non-hydrogen) atoms. The molecule has 3 aromatic rings. The number of anilines is 1. The van der Waals surface area contributed by atoms with Crippen LogP contribution >= 0.6 is 11.6 Å². The quantitative estimate of drug-likeness (QED) is 0.763. The maximum Gasteiger partial charge on any atom is 0.321 e. The lowest BCUT2D eigenvalue weighted by Crippen LogP contribution is -2.32. The van der Waals surface area contributed by atoms with Crippen molar-refractivity contribution in [1.29, 1.82) is 0 Å². The number of benzene rings is 1. The maximum atomic E-state index is 12.5. The second-order valence-corrected chi connectivity index (χ2v) is 6.68. The third kappa shape index (κ3) is 3.05. The van der Waals surface area contributed by atoms with Crippen LogP contribution in [0.1, 0.15) is 18.2 Å². The molecule has 0 aliphatic carbocycles. The number of fused-ring (bicyclic) bond motifs is 1. The Kier molecular flexibility index (Phi) is 4.05. The zero-order chi connectivity index (χ0) is 17.4. The predicted molar refractivity (Wildman–Crippen MR) is 97.9 cm³/mol. The number of imidazole rings is 1. The molecule has 1 N–H and O–H groups in total. The Morgan fingerprint density at radius 3 is 3.00 bits per heavy atom. The van der Waals surface area contributed by atoms with Crippen LogP contribution in [-0.4, -0.2) is 38.6 Å². The molecule has 0 bridgehead atoms. The van der Waals surface area contributed by atoms with Gasteiger partial charge < -0.3 is 14.8 Å². The van der Waals surface area contributed by atoms with Crippen molar-refractivity contribution < 1.29 is 4.79 Å². The van der Waals surface area contributed by atoms with Crippen molar-refractivity contribution in [3.63, 3.8) is 0 Å². The summed E-state index contributed by atoms with van der Waals surface area (Å²) < 4.78 is 2.03. The van der Waals surface area contributed by atoms with Gasteiger partial charge in [0.05, 0.1) is 0 Å². The van der Waals surface area contributed by atoms with E-state index in [2.05, 4.69) is 10.3 Å². The number of aryl methyl sites for hydroxylation is 1. The molecule has 1 fully saturated rings. The van der Waals surface area contributed by atoms with Gasteiger partial charge in [-0.2, -0.15) is 0 Å². The van der Waals surface area contributed by atoms with Crippen LogP contribution in [0.4, 0.5) is 10.5 Å². The van der Waals surface area contributed by atoms with E-state index in [4.69, 9.17) is 16.6 Å². The Bertz CT molecular complexity index is 938. The summed E-state index contributed by atoms with van der Waals surface area (Å²) in [7, 11) is 1.98. The first-order valence-electron chi connectivity index (χ1n) is 8.20. The Labute approximate surface area is 150 Å². The molecule has 3 heterocycles. The zero-order valence-electron chi connectivity index (χ0n) is 13.8. The highest BCUT2D eigenvalue weighted by molar-refractivity contribution is 6.30. The summed E-state index contributed by atoms with van der Waals surface area (Å²) in [6, 6.07) is 10.9. The van der Waals surface area contributed by atoms with Gasteiger partial charge in [0, 0.05) is 43.0 Å². The molecular formula is C18H18ClN5O. The molecule has 0 saturated carbocycles. The Hall–Kier alpha value is -2.60. The second-order valence-electron chi connectivity index (χ2n) is 6.25. The SMILES string of the molecule is Cn1c([C@@H]2CCN(C(=O)Nc3cccc(Cl)c3)C2)nc2cccnc21. The van der Waals surface area contributed by atoms with Gasteiger partial charge in [0.25, 0.3) is 0 Å². The molecule has 0 radical (unpaired) electrons. The van der Waals surface area contributed by atoms with Gasteiger partial charge in [-0.25, -0.2) is 14.8 Å². The average molecular weight is 356 g/mol. The number of carbonyl (C=O) groups excluding carboxylic acids is 1. The number of pyridine rings is 1. The Morgan fingerprint density at radius 1 is 1.32 bits per heavy atom. The topological polar surface area (TPSA) is 63.1 Å². The lowest BCUT2D eigenvalue weighted by molar-refractivity contribution is 0.222. The van der Waals surface area contributed by atoms with E-state index in [0.29, 0.717) is 23.8 Å². The molecule has 1 aliphatic heterocycles. The highest BCUT2D eigenvalue weighted by Gasteiger charge is 2.30. The van der Waals surface area contributed by atoms with E-state index in [0.717, 1.165) is 23.4 Å². The van der Waals surface area contributed by atoms with Gasteiger partial charge in [-0.1, -0.05) is 17.7 Å². The Morgan fingerprint density at radius 2 is 2.20 bits per heavy atom. The fraction of sp³-hybridized carbons (Fsp3) is 0.278. The van der Waals surface area contributed by atoms with E-state index in [1.807, 2.05) is 40.8 Å². The average Bonchev–Trinajstić information content (AvgIpc) is 3.20. The number of likely N-dealkylation sites (tertiary alicyclic amines) is 1. The number of amides is 2. The van der Waals surface area contributed by atoms with Crippen molar-refractivity contribution in [3.05, 3.63) is 53.4 Å². The highest BCUT2D eigenvalue weighted by Crippen LogP contribution is 2.28. The fourth-order valence-corrected chi connectivity index (χ4v) is 3.52. The summed E-state index contributed by atoms with van der Waals surface area (Å²) in [6.45, 7) is 1.34. The lowest BCUT2D eigenvalue weighted by Gasteiger charge is -2.17. The summed E-state index contributed by atoms with van der Waals surface area (Å²) >= 11 is 5.97. The van der Waals surface area contributed by atoms with Crippen molar-refractivity contribution in [2.45, 2.75) is 12.3 Å². The predicted octanol–water partition coefficient (Wildman–Crippen LogP) is 3.64. The summed E-state index contributed by atoms with van der Waals surface area (Å²) in [4.78, 5) is 23.4. The standard InChI is InChI=1S/C18H18ClN5O/c1-23-16(22-15-6-3-8-20-17(15)23)12-7-9-24(11-12)18(25)21-14-5-2-4-13(19)10-14/h2-6,8,10,12H,7,9,11H2,1H3,(H,21,25)/t12-/m1/s1. The second kappa shape index (κ2) is 6.37. The van der Waals surface area contributed by atoms with Crippen LogP contribution in [0.15, 0.2) is 42.6 Å². The first kappa shape index (κ1) is 15.9. The first-order chi connectivity index (χ1) is 12.1. The number of rotatable bonds is 2. The van der Waals surface area contributed by atoms with Crippen LogP contribution < -0.4 is 5.32 Å². The molecule has 7 heteroatoms. The number of nitrogens with one attached hydrogen (secondary N) is 1. The smallest absolute Gasteiger partial charge is 0.321 e. The number of hydrogen-bond donors (Lipinski definition) is 1. The third-order valence-electron chi connectivity index (χ3n) is 4.58. The number of aromatic nitrogens is 3. The third-order valence-corrected chi connectivity index (χ3v) is 4.81. The van der Waals surface area contributed by atoms with E-state index in [1.165, 1.54) is 0 Å². The molecule has 4 rings (SSSR count). The molecule has 2 amide bonds. The minimum atomic E-state index is -0.110. The molecule has 6 nitrogen and oxygen atoms in total. The van der Waals surface area contributed by atoms with Crippen molar-refractivity contribution in [2.24, 2.45) is 7.05 Å². The molecule has 1 aromatic carbocycles. The van der Waals surface area contributed by atoms with Gasteiger partial charge in [-0.15, -0.1) is 0 Å². The maximum absolute atomic E-state index is 12.5. The van der Waals surface area contributed by atoms with Gasteiger partial charge in [0.1, 0.15) is 11.3 Å². The van der Waals surface area contributed by atoms with Crippen LogP contribution in [0.25, 0.3) is 11.2 Å². The lowest BCUT2D eigenvalue weighted by atomic mass is 10.1. The van der Waals surface area contributed by atoms with Crippen LogP contribution in [0, 0.1) is 0 Å². The number of halogens is 1. The van der Waals surface area contributed by atoms with Gasteiger partial charge in [0.15, 0.2) is 5.65 Å². The molecule has 0 spiro atoms. The van der Waals surface area contributed by atoms with Gasteiger partial charge in [0.2, 0.25) is 0 Å². The minimum absolute atomic E-state index is 0.110. The largest absolute Gasteiger partial charge is 0.324 e. The van der Waals surface area contributed by atoms with Crippen molar-refractivity contribution in [1.82, 2.24) is 19.4 Å².